The number of hydrogen-bond donors (Lipinski definition) is 1. The number of rotatable bonds is 2. The maximum atomic E-state index is 6.05. The van der Waals surface area contributed by atoms with E-state index in [-0.39, 0.29) is 0 Å². The van der Waals surface area contributed by atoms with Gasteiger partial charge in [0.2, 0.25) is 0 Å². The van der Waals surface area contributed by atoms with E-state index in [1.54, 1.807) is 0 Å². The summed E-state index contributed by atoms with van der Waals surface area (Å²) in [4.78, 5) is 2.74. The van der Waals surface area contributed by atoms with E-state index in [1.165, 1.54) is 51.6 Å². The number of nitrogens with zero attached hydrogens (tertiary/aromatic N) is 1. The third kappa shape index (κ3) is 1.04. The minimum Gasteiger partial charge on any atom is -0.329 e. The Morgan fingerprint density at radius 2 is 1.64 bits per heavy atom. The first kappa shape index (κ1) is 9.17. The van der Waals surface area contributed by atoms with Crippen LogP contribution in [0.5, 0.6) is 0 Å². The normalized spacial score (nSPS) is 47.8. The van der Waals surface area contributed by atoms with E-state index in [0.29, 0.717) is 5.54 Å². The van der Waals surface area contributed by atoms with Crippen LogP contribution in [0.4, 0.5) is 0 Å². The van der Waals surface area contributed by atoms with Crippen LogP contribution in [0.25, 0.3) is 0 Å². The molecule has 3 fully saturated rings. The molecule has 0 aromatic carbocycles. The second-order valence-corrected chi connectivity index (χ2v) is 5.39. The molecule has 14 heavy (non-hydrogen) atoms. The molecule has 2 atom stereocenters. The number of fused-ring (bicyclic) bond motifs is 1. The Labute approximate surface area is 86.8 Å². The van der Waals surface area contributed by atoms with E-state index in [1.807, 2.05) is 0 Å². The highest BCUT2D eigenvalue weighted by Crippen LogP contribution is 2.63. The average molecular weight is 194 g/mol. The Bertz CT molecular complexity index is 210. The van der Waals surface area contributed by atoms with E-state index >= 15 is 0 Å². The Hall–Kier alpha value is -0.0800. The van der Waals surface area contributed by atoms with Gasteiger partial charge < -0.3 is 5.73 Å². The van der Waals surface area contributed by atoms with Crippen molar-refractivity contribution >= 4 is 0 Å². The molecule has 0 amide bonds. The molecular weight excluding hydrogens is 172 g/mol. The molecule has 1 saturated heterocycles. The lowest BCUT2D eigenvalue weighted by atomic mass is 9.99. The fraction of sp³-hybridized carbons (Fsp3) is 1.00. The van der Waals surface area contributed by atoms with Gasteiger partial charge >= 0.3 is 0 Å². The monoisotopic (exact) mass is 194 g/mol. The highest BCUT2D eigenvalue weighted by molar-refractivity contribution is 5.21. The third-order valence-corrected chi connectivity index (χ3v) is 4.96. The summed E-state index contributed by atoms with van der Waals surface area (Å²) in [5, 5.41) is 0. The molecule has 2 unspecified atom stereocenters. The smallest absolute Gasteiger partial charge is 0.0394 e. The highest BCUT2D eigenvalue weighted by atomic mass is 15.3. The summed E-state index contributed by atoms with van der Waals surface area (Å²) in [6, 6.07) is 0. The van der Waals surface area contributed by atoms with Crippen molar-refractivity contribution in [3.05, 3.63) is 0 Å². The van der Waals surface area contributed by atoms with Gasteiger partial charge in [0.25, 0.3) is 0 Å². The van der Waals surface area contributed by atoms with Crippen LogP contribution in [0.15, 0.2) is 0 Å². The van der Waals surface area contributed by atoms with Gasteiger partial charge in [-0.15, -0.1) is 0 Å². The largest absolute Gasteiger partial charge is 0.329 e. The standard InChI is InChI=1S/C12H22N2/c13-9-12(10-5-4-6-11(10)12)14-7-2-1-3-8-14/h10-11H,1-9,13H2. The molecule has 0 bridgehead atoms. The minimum absolute atomic E-state index is 0.485. The lowest BCUT2D eigenvalue weighted by molar-refractivity contribution is 0.120. The lowest BCUT2D eigenvalue weighted by Crippen LogP contribution is -2.48. The van der Waals surface area contributed by atoms with Gasteiger partial charge in [-0.3, -0.25) is 4.90 Å². The van der Waals surface area contributed by atoms with Gasteiger partial charge in [0.05, 0.1) is 0 Å². The topological polar surface area (TPSA) is 29.3 Å². The minimum atomic E-state index is 0.485. The molecular formula is C12H22N2. The summed E-state index contributed by atoms with van der Waals surface area (Å²) in [6.45, 7) is 3.57. The second-order valence-electron chi connectivity index (χ2n) is 5.39. The van der Waals surface area contributed by atoms with Crippen molar-refractivity contribution in [3.8, 4) is 0 Å². The molecule has 0 spiro atoms. The molecule has 80 valence electrons. The van der Waals surface area contributed by atoms with Gasteiger partial charge in [0.1, 0.15) is 0 Å². The van der Waals surface area contributed by atoms with E-state index in [0.717, 1.165) is 18.4 Å². The molecule has 2 heteroatoms. The molecule has 0 aromatic heterocycles. The zero-order chi connectivity index (χ0) is 9.60. The molecule has 1 heterocycles. The molecule has 2 nitrogen and oxygen atoms in total. The van der Waals surface area contributed by atoms with Crippen molar-refractivity contribution in [2.45, 2.75) is 44.1 Å². The Morgan fingerprint density at radius 3 is 2.21 bits per heavy atom. The number of hydrogen-bond acceptors (Lipinski definition) is 2. The number of likely N-dealkylation sites (tertiary alicyclic amines) is 1. The van der Waals surface area contributed by atoms with Gasteiger partial charge in [0, 0.05) is 12.1 Å². The van der Waals surface area contributed by atoms with Crippen molar-refractivity contribution in [1.82, 2.24) is 4.90 Å². The lowest BCUT2D eigenvalue weighted by Gasteiger charge is -2.37. The number of piperidine rings is 1. The summed E-state index contributed by atoms with van der Waals surface area (Å²) in [7, 11) is 0. The molecule has 0 aromatic rings. The maximum Gasteiger partial charge on any atom is 0.0394 e. The SMILES string of the molecule is NCC1(N2CCCCC2)C2CCCC21. The van der Waals surface area contributed by atoms with Gasteiger partial charge in [-0.2, -0.15) is 0 Å². The van der Waals surface area contributed by atoms with Crippen molar-refractivity contribution in [3.63, 3.8) is 0 Å². The predicted molar refractivity (Wildman–Crippen MR) is 58.0 cm³/mol. The Kier molecular flexibility index (Phi) is 2.10. The van der Waals surface area contributed by atoms with Gasteiger partial charge in [0.15, 0.2) is 0 Å². The number of nitrogens with two attached hydrogens (primary N) is 1. The molecule has 2 aliphatic carbocycles. The zero-order valence-electron chi connectivity index (χ0n) is 9.04. The van der Waals surface area contributed by atoms with Crippen LogP contribution in [0, 0.1) is 11.8 Å². The van der Waals surface area contributed by atoms with Gasteiger partial charge in [-0.25, -0.2) is 0 Å². The second kappa shape index (κ2) is 3.21. The zero-order valence-corrected chi connectivity index (χ0v) is 9.04. The molecule has 3 rings (SSSR count). The van der Waals surface area contributed by atoms with Crippen LogP contribution < -0.4 is 5.73 Å². The quantitative estimate of drug-likeness (QED) is 0.723. The van der Waals surface area contributed by atoms with Crippen molar-refractivity contribution in [2.24, 2.45) is 17.6 Å². The van der Waals surface area contributed by atoms with Crippen molar-refractivity contribution < 1.29 is 0 Å². The molecule has 0 radical (unpaired) electrons. The first-order valence-corrected chi connectivity index (χ1v) is 6.35. The molecule has 3 aliphatic rings. The van der Waals surface area contributed by atoms with Crippen LogP contribution in [0.1, 0.15) is 38.5 Å². The van der Waals surface area contributed by atoms with Crippen molar-refractivity contribution in [2.75, 3.05) is 19.6 Å². The predicted octanol–water partition coefficient (Wildman–Crippen LogP) is 1.60. The molecule has 2 saturated carbocycles. The van der Waals surface area contributed by atoms with E-state index in [2.05, 4.69) is 4.90 Å². The fourth-order valence-electron chi connectivity index (χ4n) is 4.26. The van der Waals surface area contributed by atoms with Gasteiger partial charge in [-0.1, -0.05) is 12.8 Å². The highest BCUT2D eigenvalue weighted by Gasteiger charge is 2.67. The van der Waals surface area contributed by atoms with Crippen LogP contribution >= 0.6 is 0 Å². The fourth-order valence-corrected chi connectivity index (χ4v) is 4.26. The average Bonchev–Trinajstić information content (AvgIpc) is 2.62. The van der Waals surface area contributed by atoms with Crippen molar-refractivity contribution in [1.29, 1.82) is 0 Å². The summed E-state index contributed by atoms with van der Waals surface area (Å²) in [5.74, 6) is 1.95. The van der Waals surface area contributed by atoms with Crippen LogP contribution in [-0.2, 0) is 0 Å². The Morgan fingerprint density at radius 1 is 1.00 bits per heavy atom. The summed E-state index contributed by atoms with van der Waals surface area (Å²) >= 11 is 0. The van der Waals surface area contributed by atoms with Gasteiger partial charge in [-0.05, 0) is 50.6 Å². The third-order valence-electron chi connectivity index (χ3n) is 4.96. The van der Waals surface area contributed by atoms with E-state index < -0.39 is 0 Å². The van der Waals surface area contributed by atoms with E-state index in [9.17, 15) is 0 Å². The summed E-state index contributed by atoms with van der Waals surface area (Å²) in [6.07, 6.45) is 8.62. The first-order chi connectivity index (χ1) is 6.89. The Balaban J connectivity index is 1.74. The maximum absolute atomic E-state index is 6.05. The van der Waals surface area contributed by atoms with E-state index in [4.69, 9.17) is 5.73 Å². The van der Waals surface area contributed by atoms with Crippen LogP contribution in [0.2, 0.25) is 0 Å². The molecule has 1 aliphatic heterocycles. The van der Waals surface area contributed by atoms with Crippen LogP contribution in [-0.4, -0.2) is 30.1 Å². The van der Waals surface area contributed by atoms with Crippen LogP contribution in [0.3, 0.4) is 0 Å². The summed E-state index contributed by atoms with van der Waals surface area (Å²) < 4.78 is 0. The first-order valence-electron chi connectivity index (χ1n) is 6.35. The molecule has 2 N–H and O–H groups in total. The summed E-state index contributed by atoms with van der Waals surface area (Å²) in [5.41, 5.74) is 6.53.